The molecule has 4 aromatic rings. The molecule has 0 saturated carbocycles. The maximum atomic E-state index is 11.9. The third-order valence-corrected chi connectivity index (χ3v) is 4.63. The largest absolute Gasteiger partial charge is 0.475 e. The number of rotatable bonds is 5. The van der Waals surface area contributed by atoms with Crippen LogP contribution in [0.25, 0.3) is 0 Å². The van der Waals surface area contributed by atoms with Crippen LogP contribution in [0, 0.1) is 0 Å². The predicted octanol–water partition coefficient (Wildman–Crippen LogP) is 3.82. The molecule has 1 aromatic heterocycles. The van der Waals surface area contributed by atoms with Crippen molar-refractivity contribution in [2.75, 3.05) is 0 Å². The first-order chi connectivity index (χ1) is 13.2. The molecule has 0 aliphatic carbocycles. The van der Waals surface area contributed by atoms with Crippen molar-refractivity contribution in [3.63, 3.8) is 0 Å². The number of benzene rings is 3. The molecule has 0 saturated heterocycles. The minimum Gasteiger partial charge on any atom is -0.475 e. The number of hydrogen-bond donors (Lipinski definition) is 1. The van der Waals surface area contributed by atoms with Gasteiger partial charge in [0.2, 0.25) is 5.82 Å². The lowest BCUT2D eigenvalue weighted by Crippen LogP contribution is -2.40. The van der Waals surface area contributed by atoms with Crippen LogP contribution in [0.5, 0.6) is 0 Å². The number of carboxylic acid groups (broad SMARTS) is 1. The fraction of sp³-hybridized carbons (Fsp3) is 0.0455. The maximum Gasteiger partial charge on any atom is 0.373 e. The molecule has 0 unspecified atom stereocenters. The third kappa shape index (κ3) is 2.69. The Balaban J connectivity index is 2.17. The van der Waals surface area contributed by atoms with Gasteiger partial charge in [-0.25, -0.2) is 14.5 Å². The summed E-state index contributed by atoms with van der Waals surface area (Å²) in [5.74, 6) is -1.24. The molecule has 5 nitrogen and oxygen atoms in total. The summed E-state index contributed by atoms with van der Waals surface area (Å²) in [5.41, 5.74) is 1.73. The molecule has 0 radical (unpaired) electrons. The second kappa shape index (κ2) is 6.88. The Labute approximate surface area is 156 Å². The number of aromatic carboxylic acids is 1. The number of carboxylic acids is 1. The molecule has 0 aliphatic rings. The van der Waals surface area contributed by atoms with Gasteiger partial charge in [0.1, 0.15) is 11.9 Å². The van der Waals surface area contributed by atoms with Crippen molar-refractivity contribution in [3.05, 3.63) is 120 Å². The molecule has 0 spiro atoms. The van der Waals surface area contributed by atoms with Gasteiger partial charge in [0.05, 0.1) is 0 Å². The summed E-state index contributed by atoms with van der Waals surface area (Å²) in [6.45, 7) is 0. The SMILES string of the molecule is O=C(O)c1ncnn1C(c1ccccc1)(c1ccccc1)c1ccccc1. The molecule has 4 rings (SSSR count). The van der Waals surface area contributed by atoms with E-state index in [0.29, 0.717) is 0 Å². The van der Waals surface area contributed by atoms with Gasteiger partial charge in [0.25, 0.3) is 0 Å². The van der Waals surface area contributed by atoms with Crippen molar-refractivity contribution < 1.29 is 9.90 Å². The van der Waals surface area contributed by atoms with Crippen LogP contribution in [0.2, 0.25) is 0 Å². The van der Waals surface area contributed by atoms with E-state index >= 15 is 0 Å². The van der Waals surface area contributed by atoms with Crippen molar-refractivity contribution >= 4 is 5.97 Å². The zero-order valence-electron chi connectivity index (χ0n) is 14.4. The minimum atomic E-state index is -1.13. The van der Waals surface area contributed by atoms with Gasteiger partial charge in [0, 0.05) is 0 Å². The molecule has 132 valence electrons. The summed E-state index contributed by atoms with van der Waals surface area (Å²) in [5, 5.41) is 14.1. The van der Waals surface area contributed by atoms with Gasteiger partial charge in [-0.15, -0.1) is 0 Å². The lowest BCUT2D eigenvalue weighted by atomic mass is 9.77. The van der Waals surface area contributed by atoms with Crippen molar-refractivity contribution in [2.24, 2.45) is 0 Å². The molecule has 0 fully saturated rings. The second-order valence-electron chi connectivity index (χ2n) is 6.11. The maximum absolute atomic E-state index is 11.9. The van der Waals surface area contributed by atoms with E-state index in [0.717, 1.165) is 16.7 Å². The number of carbonyl (C=O) groups is 1. The molecular formula is C22H17N3O2. The molecule has 27 heavy (non-hydrogen) atoms. The third-order valence-electron chi connectivity index (χ3n) is 4.63. The average Bonchev–Trinajstić information content (AvgIpc) is 3.22. The monoisotopic (exact) mass is 355 g/mol. The topological polar surface area (TPSA) is 68.0 Å². The van der Waals surface area contributed by atoms with E-state index in [1.54, 1.807) is 0 Å². The molecule has 1 N–H and O–H groups in total. The van der Waals surface area contributed by atoms with Gasteiger partial charge in [-0.1, -0.05) is 91.0 Å². The Hall–Kier alpha value is -3.73. The number of hydrogen-bond acceptors (Lipinski definition) is 3. The van der Waals surface area contributed by atoms with Gasteiger partial charge < -0.3 is 5.11 Å². The molecule has 0 atom stereocenters. The summed E-state index contributed by atoms with van der Waals surface area (Å²) in [6, 6.07) is 29.3. The van der Waals surface area contributed by atoms with Gasteiger partial charge >= 0.3 is 5.97 Å². The molecule has 0 amide bonds. The Morgan fingerprint density at radius 1 is 0.741 bits per heavy atom. The first-order valence-corrected chi connectivity index (χ1v) is 8.55. The van der Waals surface area contributed by atoms with Gasteiger partial charge in [-0.05, 0) is 16.7 Å². The van der Waals surface area contributed by atoms with Crippen molar-refractivity contribution in [1.82, 2.24) is 14.8 Å². The normalized spacial score (nSPS) is 11.3. The van der Waals surface area contributed by atoms with E-state index in [1.165, 1.54) is 11.0 Å². The fourth-order valence-electron chi connectivity index (χ4n) is 3.54. The lowest BCUT2D eigenvalue weighted by molar-refractivity contribution is 0.0672. The summed E-state index contributed by atoms with van der Waals surface area (Å²) in [4.78, 5) is 15.9. The van der Waals surface area contributed by atoms with Gasteiger partial charge in [0.15, 0.2) is 0 Å². The molecule has 5 heteroatoms. The van der Waals surface area contributed by atoms with E-state index < -0.39 is 11.5 Å². The molecule has 3 aromatic carbocycles. The van der Waals surface area contributed by atoms with Crippen LogP contribution in [0.4, 0.5) is 0 Å². The quantitative estimate of drug-likeness (QED) is 0.553. The number of nitrogens with zero attached hydrogens (tertiary/aromatic N) is 3. The molecular weight excluding hydrogens is 338 g/mol. The zero-order valence-corrected chi connectivity index (χ0v) is 14.4. The lowest BCUT2D eigenvalue weighted by Gasteiger charge is -2.36. The highest BCUT2D eigenvalue weighted by molar-refractivity contribution is 5.83. The Morgan fingerprint density at radius 2 is 1.15 bits per heavy atom. The van der Waals surface area contributed by atoms with Crippen LogP contribution in [-0.2, 0) is 5.54 Å². The van der Waals surface area contributed by atoms with Crippen LogP contribution >= 0.6 is 0 Å². The van der Waals surface area contributed by atoms with Crippen molar-refractivity contribution in [2.45, 2.75) is 5.54 Å². The van der Waals surface area contributed by atoms with Crippen LogP contribution < -0.4 is 0 Å². The van der Waals surface area contributed by atoms with Crippen molar-refractivity contribution in [3.8, 4) is 0 Å². The summed E-state index contributed by atoms with van der Waals surface area (Å²) in [6.07, 6.45) is 1.28. The molecule has 0 bridgehead atoms. The van der Waals surface area contributed by atoms with Crippen molar-refractivity contribution in [1.29, 1.82) is 0 Å². The first kappa shape index (κ1) is 16.7. The van der Waals surface area contributed by atoms with E-state index in [4.69, 9.17) is 0 Å². The minimum absolute atomic E-state index is 0.119. The smallest absolute Gasteiger partial charge is 0.373 e. The molecule has 1 heterocycles. The zero-order chi connectivity index (χ0) is 18.7. The second-order valence-corrected chi connectivity index (χ2v) is 6.11. The van der Waals surface area contributed by atoms with Crippen LogP contribution in [0.3, 0.4) is 0 Å². The van der Waals surface area contributed by atoms with E-state index in [2.05, 4.69) is 10.1 Å². The summed E-state index contributed by atoms with van der Waals surface area (Å²) >= 11 is 0. The van der Waals surface area contributed by atoms with E-state index in [-0.39, 0.29) is 5.82 Å². The Bertz CT molecular complexity index is 948. The highest BCUT2D eigenvalue weighted by atomic mass is 16.4. The summed E-state index contributed by atoms with van der Waals surface area (Å²) in [7, 11) is 0. The van der Waals surface area contributed by atoms with Crippen LogP contribution in [0.15, 0.2) is 97.3 Å². The highest BCUT2D eigenvalue weighted by Gasteiger charge is 2.42. The predicted molar refractivity (Wildman–Crippen MR) is 102 cm³/mol. The molecule has 0 aliphatic heterocycles. The highest BCUT2D eigenvalue weighted by Crippen LogP contribution is 2.40. The first-order valence-electron chi connectivity index (χ1n) is 8.55. The van der Waals surface area contributed by atoms with Crippen LogP contribution in [0.1, 0.15) is 27.3 Å². The standard InChI is InChI=1S/C22H17N3O2/c26-21(27)20-23-16-24-25(20)22(17-10-4-1-5-11-17,18-12-6-2-7-13-18)19-14-8-3-9-15-19/h1-16H,(H,26,27). The van der Waals surface area contributed by atoms with E-state index in [9.17, 15) is 9.90 Å². The average molecular weight is 355 g/mol. The fourth-order valence-corrected chi connectivity index (χ4v) is 3.54. The van der Waals surface area contributed by atoms with E-state index in [1.807, 2.05) is 91.0 Å². The van der Waals surface area contributed by atoms with Gasteiger partial charge in [-0.2, -0.15) is 5.10 Å². The summed E-state index contributed by atoms with van der Waals surface area (Å²) < 4.78 is 1.50. The van der Waals surface area contributed by atoms with Crippen LogP contribution in [-0.4, -0.2) is 25.8 Å². The Kier molecular flexibility index (Phi) is 4.26. The van der Waals surface area contributed by atoms with Gasteiger partial charge in [-0.3, -0.25) is 0 Å². The Morgan fingerprint density at radius 3 is 1.52 bits per heavy atom. The number of aromatic nitrogens is 3.